The molecular weight excluding hydrogens is 246 g/mol. The average Bonchev–Trinajstić information content (AvgIpc) is 2.67. The van der Waals surface area contributed by atoms with Gasteiger partial charge in [-0.1, -0.05) is 39.3 Å². The molecule has 1 N–H and O–H groups in total. The molecule has 1 aromatic carbocycles. The van der Waals surface area contributed by atoms with Gasteiger partial charge in [-0.25, -0.2) is 0 Å². The maximum Gasteiger partial charge on any atom is 0.123 e. The Morgan fingerprint density at radius 2 is 1.83 bits per heavy atom. The Kier molecular flexibility index (Phi) is 3.37. The number of rotatable bonds is 4. The first-order valence-corrected chi connectivity index (χ1v) is 6.74. The fourth-order valence-electron chi connectivity index (χ4n) is 2.80. The second kappa shape index (κ2) is 4.43. The fraction of sp³-hybridized carbons (Fsp3) is 0.600. The van der Waals surface area contributed by atoms with Crippen molar-refractivity contribution in [3.63, 3.8) is 0 Å². The van der Waals surface area contributed by atoms with Crippen LogP contribution in [0.2, 0.25) is 5.02 Å². The van der Waals surface area contributed by atoms with E-state index in [0.717, 1.165) is 22.9 Å². The summed E-state index contributed by atoms with van der Waals surface area (Å²) in [5, 5.41) is 4.37. The summed E-state index contributed by atoms with van der Waals surface area (Å²) in [7, 11) is 1.69. The maximum absolute atomic E-state index is 6.03. The lowest BCUT2D eigenvalue weighted by molar-refractivity contribution is 0.406. The number of hydrogen-bond donors (Lipinski definition) is 1. The van der Waals surface area contributed by atoms with Crippen LogP contribution in [-0.2, 0) is 6.54 Å². The molecule has 3 heteroatoms. The third kappa shape index (κ3) is 2.12. The van der Waals surface area contributed by atoms with Crippen LogP contribution in [0, 0.1) is 10.8 Å². The molecule has 18 heavy (non-hydrogen) atoms. The van der Waals surface area contributed by atoms with Crippen LogP contribution in [0.5, 0.6) is 5.75 Å². The molecule has 2 nitrogen and oxygen atoms in total. The zero-order chi connectivity index (χ0) is 13.6. The first-order chi connectivity index (χ1) is 8.30. The van der Waals surface area contributed by atoms with Crippen LogP contribution in [-0.4, -0.2) is 13.2 Å². The predicted octanol–water partition coefficient (Wildman–Crippen LogP) is 3.87. The topological polar surface area (TPSA) is 21.3 Å². The Morgan fingerprint density at radius 3 is 2.33 bits per heavy atom. The van der Waals surface area contributed by atoms with E-state index >= 15 is 0 Å². The quantitative estimate of drug-likeness (QED) is 0.894. The Bertz CT molecular complexity index is 440. The zero-order valence-electron chi connectivity index (χ0n) is 11.8. The first kappa shape index (κ1) is 13.7. The fourth-order valence-corrected chi connectivity index (χ4v) is 3.00. The number of benzene rings is 1. The standard InChI is InChI=1S/C15H22ClNO/c1-14(2)13(15(14,3)4)17-9-10-8-11(16)6-7-12(10)18-5/h6-8,13,17H,9H2,1-5H3. The summed E-state index contributed by atoms with van der Waals surface area (Å²) in [5.74, 6) is 0.892. The van der Waals surface area contributed by atoms with Crippen LogP contribution in [0.15, 0.2) is 18.2 Å². The van der Waals surface area contributed by atoms with Crippen molar-refractivity contribution in [1.82, 2.24) is 5.32 Å². The highest BCUT2D eigenvalue weighted by Gasteiger charge is 2.64. The Morgan fingerprint density at radius 1 is 1.22 bits per heavy atom. The number of methoxy groups -OCH3 is 1. The van der Waals surface area contributed by atoms with Crippen LogP contribution in [0.3, 0.4) is 0 Å². The van der Waals surface area contributed by atoms with Gasteiger partial charge in [-0.3, -0.25) is 0 Å². The van der Waals surface area contributed by atoms with Crippen LogP contribution < -0.4 is 10.1 Å². The molecule has 0 aliphatic heterocycles. The Balaban J connectivity index is 2.06. The summed E-state index contributed by atoms with van der Waals surface area (Å²) < 4.78 is 5.36. The van der Waals surface area contributed by atoms with Crippen molar-refractivity contribution in [2.75, 3.05) is 7.11 Å². The van der Waals surface area contributed by atoms with Gasteiger partial charge in [0.15, 0.2) is 0 Å². The lowest BCUT2D eigenvalue weighted by Gasteiger charge is -2.11. The highest BCUT2D eigenvalue weighted by atomic mass is 35.5. The van der Waals surface area contributed by atoms with Crippen molar-refractivity contribution in [2.24, 2.45) is 10.8 Å². The molecule has 0 unspecified atom stereocenters. The lowest BCUT2D eigenvalue weighted by Crippen LogP contribution is -2.22. The van der Waals surface area contributed by atoms with Crippen molar-refractivity contribution < 1.29 is 4.74 Å². The molecule has 2 rings (SSSR count). The molecule has 0 radical (unpaired) electrons. The van der Waals surface area contributed by atoms with Gasteiger partial charge in [0.1, 0.15) is 5.75 Å². The molecular formula is C15H22ClNO. The summed E-state index contributed by atoms with van der Waals surface area (Å²) >= 11 is 6.03. The molecule has 1 saturated carbocycles. The summed E-state index contributed by atoms with van der Waals surface area (Å²) in [6.07, 6.45) is 0. The molecule has 0 heterocycles. The molecule has 0 atom stereocenters. The molecule has 0 spiro atoms. The van der Waals surface area contributed by atoms with Gasteiger partial charge in [0.05, 0.1) is 7.11 Å². The van der Waals surface area contributed by atoms with Crippen molar-refractivity contribution in [3.8, 4) is 5.75 Å². The maximum atomic E-state index is 6.03. The van der Waals surface area contributed by atoms with Gasteiger partial charge < -0.3 is 10.1 Å². The summed E-state index contributed by atoms with van der Waals surface area (Å²) in [5.41, 5.74) is 1.81. The van der Waals surface area contributed by atoms with Crippen LogP contribution >= 0.6 is 11.6 Å². The summed E-state index contributed by atoms with van der Waals surface area (Å²) in [6, 6.07) is 6.28. The van der Waals surface area contributed by atoms with Crippen LogP contribution in [0.4, 0.5) is 0 Å². The number of halogens is 1. The van der Waals surface area contributed by atoms with Crippen molar-refractivity contribution in [1.29, 1.82) is 0 Å². The monoisotopic (exact) mass is 267 g/mol. The van der Waals surface area contributed by atoms with E-state index in [2.05, 4.69) is 33.0 Å². The van der Waals surface area contributed by atoms with E-state index in [4.69, 9.17) is 16.3 Å². The Labute approximate surface area is 115 Å². The largest absolute Gasteiger partial charge is 0.496 e. The van der Waals surface area contributed by atoms with E-state index in [1.807, 2.05) is 18.2 Å². The van der Waals surface area contributed by atoms with Gasteiger partial charge in [0, 0.05) is 23.2 Å². The summed E-state index contributed by atoms with van der Waals surface area (Å²) in [4.78, 5) is 0. The van der Waals surface area contributed by atoms with E-state index in [9.17, 15) is 0 Å². The van der Waals surface area contributed by atoms with E-state index in [0.29, 0.717) is 16.9 Å². The minimum Gasteiger partial charge on any atom is -0.496 e. The van der Waals surface area contributed by atoms with Crippen LogP contribution in [0.1, 0.15) is 33.3 Å². The molecule has 1 aliphatic carbocycles. The van der Waals surface area contributed by atoms with Crippen molar-refractivity contribution in [2.45, 2.75) is 40.3 Å². The third-order valence-corrected chi connectivity index (χ3v) is 4.99. The summed E-state index contributed by atoms with van der Waals surface area (Å²) in [6.45, 7) is 10.0. The SMILES string of the molecule is COc1ccc(Cl)cc1CNC1C(C)(C)C1(C)C. The molecule has 1 aromatic rings. The smallest absolute Gasteiger partial charge is 0.123 e. The molecule has 100 valence electrons. The van der Waals surface area contributed by atoms with E-state index < -0.39 is 0 Å². The van der Waals surface area contributed by atoms with Gasteiger partial charge in [-0.2, -0.15) is 0 Å². The number of ether oxygens (including phenoxy) is 1. The third-order valence-electron chi connectivity index (χ3n) is 4.76. The average molecular weight is 268 g/mol. The molecule has 0 bridgehead atoms. The van der Waals surface area contributed by atoms with Gasteiger partial charge >= 0.3 is 0 Å². The van der Waals surface area contributed by atoms with Crippen molar-refractivity contribution >= 4 is 11.6 Å². The number of nitrogens with one attached hydrogen (secondary N) is 1. The Hall–Kier alpha value is -0.730. The molecule has 0 saturated heterocycles. The first-order valence-electron chi connectivity index (χ1n) is 6.36. The highest BCUT2D eigenvalue weighted by Crippen LogP contribution is 2.62. The second-order valence-electron chi connectivity index (χ2n) is 6.21. The van der Waals surface area contributed by atoms with Gasteiger partial charge in [-0.05, 0) is 29.0 Å². The molecule has 0 aromatic heterocycles. The van der Waals surface area contributed by atoms with Crippen LogP contribution in [0.25, 0.3) is 0 Å². The molecule has 1 aliphatic rings. The minimum absolute atomic E-state index is 0.346. The lowest BCUT2D eigenvalue weighted by atomic mass is 10.0. The minimum atomic E-state index is 0.346. The van der Waals surface area contributed by atoms with Gasteiger partial charge in [0.2, 0.25) is 0 Å². The second-order valence-corrected chi connectivity index (χ2v) is 6.65. The molecule has 1 fully saturated rings. The zero-order valence-corrected chi connectivity index (χ0v) is 12.6. The van der Waals surface area contributed by atoms with Crippen molar-refractivity contribution in [3.05, 3.63) is 28.8 Å². The normalized spacial score (nSPS) is 20.8. The van der Waals surface area contributed by atoms with Gasteiger partial charge in [-0.15, -0.1) is 0 Å². The van der Waals surface area contributed by atoms with E-state index in [1.165, 1.54) is 0 Å². The predicted molar refractivity (Wildman–Crippen MR) is 76.2 cm³/mol. The highest BCUT2D eigenvalue weighted by molar-refractivity contribution is 6.30. The van der Waals surface area contributed by atoms with Gasteiger partial charge in [0.25, 0.3) is 0 Å². The van der Waals surface area contributed by atoms with E-state index in [-0.39, 0.29) is 0 Å². The number of hydrogen-bond acceptors (Lipinski definition) is 2. The molecule has 0 amide bonds. The van der Waals surface area contributed by atoms with E-state index in [1.54, 1.807) is 7.11 Å².